The van der Waals surface area contributed by atoms with Crippen molar-refractivity contribution >= 4 is 29.9 Å². The van der Waals surface area contributed by atoms with Gasteiger partial charge in [-0.05, 0) is 52.0 Å². The maximum Gasteiger partial charge on any atom is 0.408 e. The zero-order valence-corrected chi connectivity index (χ0v) is 16.1. The second-order valence-electron chi connectivity index (χ2n) is 7.03. The standard InChI is InChI=1S/C16H29N3O5S/c1-16(2,3)24-14(21)18-12(7-10-25-4)13(20)17-11-5-8-19(9-6-11)15(22)23/h11-12H,5-10H2,1-4H3,(H,17,20)(H,18,21)(H,22,23). The molecule has 1 rings (SSSR count). The van der Waals surface area contributed by atoms with Gasteiger partial charge in [-0.25, -0.2) is 9.59 Å². The Labute approximate surface area is 153 Å². The van der Waals surface area contributed by atoms with Crippen LogP contribution in [0.2, 0.25) is 0 Å². The van der Waals surface area contributed by atoms with Crippen LogP contribution < -0.4 is 10.6 Å². The zero-order chi connectivity index (χ0) is 19.0. The Morgan fingerprint density at radius 1 is 1.28 bits per heavy atom. The van der Waals surface area contributed by atoms with Crippen LogP contribution in [-0.4, -0.2) is 70.9 Å². The van der Waals surface area contributed by atoms with Gasteiger partial charge in [0.1, 0.15) is 11.6 Å². The highest BCUT2D eigenvalue weighted by Crippen LogP contribution is 2.12. The van der Waals surface area contributed by atoms with E-state index in [1.807, 2.05) is 6.26 Å². The van der Waals surface area contributed by atoms with Gasteiger partial charge in [-0.3, -0.25) is 4.79 Å². The first-order chi connectivity index (χ1) is 11.6. The Morgan fingerprint density at radius 3 is 2.36 bits per heavy atom. The van der Waals surface area contributed by atoms with Crippen molar-refractivity contribution in [1.29, 1.82) is 0 Å². The molecule has 1 unspecified atom stereocenters. The topological polar surface area (TPSA) is 108 Å². The average Bonchev–Trinajstić information content (AvgIpc) is 2.50. The second kappa shape index (κ2) is 9.74. The van der Waals surface area contributed by atoms with Gasteiger partial charge in [0.05, 0.1) is 0 Å². The Kier molecular flexibility index (Phi) is 8.34. The first kappa shape index (κ1) is 21.4. The summed E-state index contributed by atoms with van der Waals surface area (Å²) in [4.78, 5) is 36.7. The van der Waals surface area contributed by atoms with Crippen molar-refractivity contribution in [3.05, 3.63) is 0 Å². The van der Waals surface area contributed by atoms with Crippen LogP contribution in [-0.2, 0) is 9.53 Å². The van der Waals surface area contributed by atoms with E-state index in [1.165, 1.54) is 4.90 Å². The fourth-order valence-electron chi connectivity index (χ4n) is 2.47. The lowest BCUT2D eigenvalue weighted by molar-refractivity contribution is -0.124. The SMILES string of the molecule is CSCCC(NC(=O)OC(C)(C)C)C(=O)NC1CCN(C(=O)O)CC1. The first-order valence-corrected chi connectivity index (χ1v) is 9.78. The molecule has 3 N–H and O–H groups in total. The summed E-state index contributed by atoms with van der Waals surface area (Å²) in [6, 6.07) is -0.750. The molecule has 0 aromatic heterocycles. The van der Waals surface area contributed by atoms with Crippen molar-refractivity contribution < 1.29 is 24.2 Å². The highest BCUT2D eigenvalue weighted by molar-refractivity contribution is 7.98. The number of ether oxygens (including phenoxy) is 1. The first-order valence-electron chi connectivity index (χ1n) is 8.39. The third kappa shape index (κ3) is 8.33. The van der Waals surface area contributed by atoms with Crippen molar-refractivity contribution in [2.45, 2.75) is 57.7 Å². The van der Waals surface area contributed by atoms with E-state index in [1.54, 1.807) is 32.5 Å². The smallest absolute Gasteiger partial charge is 0.408 e. The van der Waals surface area contributed by atoms with Gasteiger partial charge in [0.15, 0.2) is 0 Å². The highest BCUT2D eigenvalue weighted by Gasteiger charge is 2.28. The molecule has 1 atom stereocenters. The number of carbonyl (C=O) groups excluding carboxylic acids is 2. The van der Waals surface area contributed by atoms with Crippen LogP contribution in [0.3, 0.4) is 0 Å². The number of rotatable bonds is 6. The highest BCUT2D eigenvalue weighted by atomic mass is 32.2. The molecule has 1 fully saturated rings. The van der Waals surface area contributed by atoms with E-state index in [-0.39, 0.29) is 11.9 Å². The van der Waals surface area contributed by atoms with Crippen LogP contribution in [0.5, 0.6) is 0 Å². The van der Waals surface area contributed by atoms with E-state index in [4.69, 9.17) is 9.84 Å². The fourth-order valence-corrected chi connectivity index (χ4v) is 2.94. The van der Waals surface area contributed by atoms with Crippen molar-refractivity contribution in [3.63, 3.8) is 0 Å². The van der Waals surface area contributed by atoms with Gasteiger partial charge in [-0.15, -0.1) is 0 Å². The molecule has 0 spiro atoms. The van der Waals surface area contributed by atoms with Gasteiger partial charge >= 0.3 is 12.2 Å². The quantitative estimate of drug-likeness (QED) is 0.654. The summed E-state index contributed by atoms with van der Waals surface area (Å²) in [5.74, 6) is 0.472. The summed E-state index contributed by atoms with van der Waals surface area (Å²) in [6.07, 6.45) is 2.02. The molecular formula is C16H29N3O5S. The number of alkyl carbamates (subject to hydrolysis) is 1. The lowest BCUT2D eigenvalue weighted by Gasteiger charge is -2.31. The zero-order valence-electron chi connectivity index (χ0n) is 15.3. The molecule has 9 heteroatoms. The van der Waals surface area contributed by atoms with E-state index in [9.17, 15) is 14.4 Å². The molecule has 0 aromatic carbocycles. The van der Waals surface area contributed by atoms with Crippen LogP contribution in [0.25, 0.3) is 0 Å². The van der Waals surface area contributed by atoms with Gasteiger partial charge in [0.2, 0.25) is 5.91 Å². The largest absolute Gasteiger partial charge is 0.465 e. The van der Waals surface area contributed by atoms with Crippen molar-refractivity contribution in [2.75, 3.05) is 25.1 Å². The minimum Gasteiger partial charge on any atom is -0.465 e. The molecule has 1 heterocycles. The molecule has 1 aliphatic heterocycles. The number of thioether (sulfide) groups is 1. The van der Waals surface area contributed by atoms with Gasteiger partial charge in [-0.2, -0.15) is 11.8 Å². The van der Waals surface area contributed by atoms with Crippen molar-refractivity contribution in [2.24, 2.45) is 0 Å². The number of hydrogen-bond acceptors (Lipinski definition) is 5. The lowest BCUT2D eigenvalue weighted by Crippen LogP contribution is -2.53. The number of carbonyl (C=O) groups is 3. The van der Waals surface area contributed by atoms with Gasteiger partial charge in [-0.1, -0.05) is 0 Å². The third-order valence-electron chi connectivity index (χ3n) is 3.73. The number of amides is 3. The molecule has 8 nitrogen and oxygen atoms in total. The minimum absolute atomic E-state index is 0.0830. The summed E-state index contributed by atoms with van der Waals surface area (Å²) < 4.78 is 5.22. The predicted octanol–water partition coefficient (Wildman–Crippen LogP) is 1.89. The summed E-state index contributed by atoms with van der Waals surface area (Å²) in [5, 5.41) is 14.5. The Balaban J connectivity index is 2.55. The third-order valence-corrected chi connectivity index (χ3v) is 4.37. The molecular weight excluding hydrogens is 346 g/mol. The Hall–Kier alpha value is -1.64. The molecule has 25 heavy (non-hydrogen) atoms. The van der Waals surface area contributed by atoms with E-state index >= 15 is 0 Å². The molecule has 144 valence electrons. The van der Waals surface area contributed by atoms with Crippen LogP contribution in [0.1, 0.15) is 40.0 Å². The molecule has 0 aliphatic carbocycles. The summed E-state index contributed by atoms with van der Waals surface area (Å²) >= 11 is 1.59. The molecule has 3 amide bonds. The summed E-state index contributed by atoms with van der Waals surface area (Å²) in [6.45, 7) is 6.09. The summed E-state index contributed by atoms with van der Waals surface area (Å²) in [5.41, 5.74) is -0.631. The van der Waals surface area contributed by atoms with E-state index < -0.39 is 23.8 Å². The van der Waals surface area contributed by atoms with Gasteiger partial charge in [0.25, 0.3) is 0 Å². The number of piperidine rings is 1. The number of carboxylic acid groups (broad SMARTS) is 1. The molecule has 0 bridgehead atoms. The van der Waals surface area contributed by atoms with Gasteiger partial charge < -0.3 is 25.4 Å². The summed E-state index contributed by atoms with van der Waals surface area (Å²) in [7, 11) is 0. The van der Waals surface area contributed by atoms with E-state index in [2.05, 4.69) is 10.6 Å². The van der Waals surface area contributed by atoms with E-state index in [0.29, 0.717) is 32.4 Å². The normalized spacial score (nSPS) is 16.9. The molecule has 0 aromatic rings. The fraction of sp³-hybridized carbons (Fsp3) is 0.812. The molecule has 1 saturated heterocycles. The maximum absolute atomic E-state index is 12.5. The number of nitrogens with zero attached hydrogens (tertiary/aromatic N) is 1. The second-order valence-corrected chi connectivity index (χ2v) is 8.02. The molecule has 1 aliphatic rings. The van der Waals surface area contributed by atoms with Gasteiger partial charge in [0, 0.05) is 19.1 Å². The minimum atomic E-state index is -0.936. The van der Waals surface area contributed by atoms with Crippen LogP contribution >= 0.6 is 11.8 Å². The van der Waals surface area contributed by atoms with Crippen LogP contribution in [0.15, 0.2) is 0 Å². The van der Waals surface area contributed by atoms with E-state index in [0.717, 1.165) is 5.75 Å². The maximum atomic E-state index is 12.5. The predicted molar refractivity (Wildman–Crippen MR) is 96.9 cm³/mol. The number of hydrogen-bond donors (Lipinski definition) is 3. The number of likely N-dealkylation sites (tertiary alicyclic amines) is 1. The average molecular weight is 375 g/mol. The molecule has 0 saturated carbocycles. The van der Waals surface area contributed by atoms with Crippen LogP contribution in [0, 0.1) is 0 Å². The Morgan fingerprint density at radius 2 is 1.88 bits per heavy atom. The lowest BCUT2D eigenvalue weighted by atomic mass is 10.0. The van der Waals surface area contributed by atoms with Crippen molar-refractivity contribution in [3.8, 4) is 0 Å². The molecule has 0 radical (unpaired) electrons. The van der Waals surface area contributed by atoms with Crippen molar-refractivity contribution in [1.82, 2.24) is 15.5 Å². The Bertz CT molecular complexity index is 473. The monoisotopic (exact) mass is 375 g/mol. The number of nitrogens with one attached hydrogen (secondary N) is 2. The van der Waals surface area contributed by atoms with Crippen LogP contribution in [0.4, 0.5) is 9.59 Å².